The highest BCUT2D eigenvalue weighted by Crippen LogP contribution is 2.44. The number of halogens is 2. The molecule has 6 nitrogen and oxygen atoms in total. The van der Waals surface area contributed by atoms with E-state index in [0.29, 0.717) is 11.0 Å². The minimum atomic E-state index is -2.90. The Morgan fingerprint density at radius 3 is 2.02 bits per heavy atom. The Bertz CT molecular complexity index is 1350. The summed E-state index contributed by atoms with van der Waals surface area (Å²) in [6.45, 7) is 5.17. The van der Waals surface area contributed by atoms with Crippen molar-refractivity contribution in [2.24, 2.45) is 0 Å². The van der Waals surface area contributed by atoms with E-state index >= 15 is 0 Å². The molecule has 0 bridgehead atoms. The van der Waals surface area contributed by atoms with Crippen molar-refractivity contribution >= 4 is 19.3 Å². The maximum absolute atomic E-state index is 12.9. The number of hydrogen-bond donors (Lipinski definition) is 1. The molecule has 0 aromatic heterocycles. The lowest BCUT2D eigenvalue weighted by Crippen LogP contribution is -2.41. The number of rotatable bonds is 8. The van der Waals surface area contributed by atoms with Gasteiger partial charge in [0, 0.05) is 12.5 Å². The van der Waals surface area contributed by atoms with Crippen LogP contribution in [-0.2, 0) is 14.0 Å². The van der Waals surface area contributed by atoms with E-state index in [1.807, 2.05) is 52.0 Å². The zero-order chi connectivity index (χ0) is 28.5. The minimum Gasteiger partial charge on any atom is -0.449 e. The summed E-state index contributed by atoms with van der Waals surface area (Å²) in [5.74, 6) is 0.00586. The van der Waals surface area contributed by atoms with Gasteiger partial charge in [-0.3, -0.25) is 0 Å². The highest BCUT2D eigenvalue weighted by Gasteiger charge is 2.52. The molecule has 0 saturated carbocycles. The topological polar surface area (TPSA) is 66.0 Å². The van der Waals surface area contributed by atoms with Crippen LogP contribution in [0.25, 0.3) is 17.2 Å². The van der Waals surface area contributed by atoms with E-state index in [9.17, 15) is 13.6 Å². The van der Waals surface area contributed by atoms with Crippen LogP contribution < -0.4 is 10.1 Å². The summed E-state index contributed by atoms with van der Waals surface area (Å²) in [4.78, 5) is 12.9. The third kappa shape index (κ3) is 5.76. The Hall–Kier alpha value is -3.69. The quantitative estimate of drug-likeness (QED) is 0.313. The van der Waals surface area contributed by atoms with Crippen LogP contribution in [0.1, 0.15) is 50.3 Å². The molecule has 9 heteroatoms. The van der Waals surface area contributed by atoms with Crippen molar-refractivity contribution in [3.05, 3.63) is 95.0 Å². The second-order valence-electron chi connectivity index (χ2n) is 10.9. The fourth-order valence-electron chi connectivity index (χ4n) is 4.98. The van der Waals surface area contributed by atoms with E-state index < -0.39 is 31.0 Å². The van der Waals surface area contributed by atoms with E-state index in [4.69, 9.17) is 14.0 Å². The lowest BCUT2D eigenvalue weighted by Gasteiger charge is -2.32. The van der Waals surface area contributed by atoms with Crippen molar-refractivity contribution in [3.8, 4) is 16.9 Å². The average molecular weight is 547 g/mol. The van der Waals surface area contributed by atoms with Gasteiger partial charge in [-0.2, -0.15) is 8.78 Å². The third-order valence-corrected chi connectivity index (χ3v) is 7.79. The number of alkyl carbamates (subject to hydrolysis) is 1. The van der Waals surface area contributed by atoms with Gasteiger partial charge in [-0.05, 0) is 73.1 Å². The fourth-order valence-corrected chi connectivity index (χ4v) is 4.98. The summed E-state index contributed by atoms with van der Waals surface area (Å²) in [6, 6.07) is 22.5. The molecule has 5 rings (SSSR count). The number of carbonyl (C=O) groups excluding carboxylic acids is 1. The molecule has 3 aromatic carbocycles. The number of amides is 1. The number of alkyl halides is 2. The molecule has 0 atom stereocenters. The molecule has 1 aliphatic carbocycles. The Kier molecular flexibility index (Phi) is 7.71. The molecule has 1 aliphatic heterocycles. The SMILES string of the molecule is CC1(C)OB(C(=Cc2ccc(OC(F)F)cc2)CNC(=O)OCC2c3ccccc3-c3ccccc32)OC1(C)C. The molecule has 0 radical (unpaired) electrons. The molecule has 0 spiro atoms. The monoisotopic (exact) mass is 547 g/mol. The Morgan fingerprint density at radius 1 is 0.925 bits per heavy atom. The third-order valence-electron chi connectivity index (χ3n) is 7.79. The van der Waals surface area contributed by atoms with E-state index in [2.05, 4.69) is 34.3 Å². The van der Waals surface area contributed by atoms with E-state index in [1.54, 1.807) is 18.2 Å². The molecule has 1 N–H and O–H groups in total. The number of hydrogen-bond acceptors (Lipinski definition) is 5. The van der Waals surface area contributed by atoms with Gasteiger partial charge in [0.05, 0.1) is 11.2 Å². The minimum absolute atomic E-state index is 0.0507. The zero-order valence-electron chi connectivity index (χ0n) is 22.9. The molecule has 0 unspecified atom stereocenters. The second kappa shape index (κ2) is 11.1. The van der Waals surface area contributed by atoms with Crippen LogP contribution in [0, 0.1) is 0 Å². The van der Waals surface area contributed by atoms with Gasteiger partial charge in [0.15, 0.2) is 0 Å². The number of ether oxygens (including phenoxy) is 2. The standard InChI is InChI=1S/C31H32BF2NO5/c1-30(2)31(3,4)40-32(39-30)21(17-20-13-15-22(16-14-20)38-28(33)34)18-35-29(36)37-19-27-25-11-7-5-9-23(25)24-10-6-8-12-26(24)27/h5-17,27-28H,18-19H2,1-4H3,(H,35,36). The van der Waals surface area contributed by atoms with Gasteiger partial charge in [0.2, 0.25) is 0 Å². The molecule has 1 heterocycles. The van der Waals surface area contributed by atoms with E-state index in [1.165, 1.54) is 12.1 Å². The number of benzene rings is 3. The van der Waals surface area contributed by atoms with Crippen LogP contribution >= 0.6 is 0 Å². The predicted octanol–water partition coefficient (Wildman–Crippen LogP) is 6.84. The first-order valence-corrected chi connectivity index (χ1v) is 13.2. The molecule has 1 amide bonds. The van der Waals surface area contributed by atoms with Crippen molar-refractivity contribution in [2.75, 3.05) is 13.2 Å². The first-order valence-electron chi connectivity index (χ1n) is 13.2. The first-order chi connectivity index (χ1) is 19.0. The average Bonchev–Trinajstić information content (AvgIpc) is 3.35. The van der Waals surface area contributed by atoms with Crippen LogP contribution in [0.2, 0.25) is 0 Å². The maximum atomic E-state index is 12.9. The van der Waals surface area contributed by atoms with Crippen LogP contribution in [0.4, 0.5) is 13.6 Å². The van der Waals surface area contributed by atoms with Gasteiger partial charge in [-0.25, -0.2) is 4.79 Å². The van der Waals surface area contributed by atoms with Crippen LogP contribution in [0.15, 0.2) is 78.3 Å². The summed E-state index contributed by atoms with van der Waals surface area (Å²) in [6.07, 6.45) is 1.24. The Balaban J connectivity index is 1.29. The molecular formula is C31H32BF2NO5. The lowest BCUT2D eigenvalue weighted by atomic mass is 9.77. The Morgan fingerprint density at radius 2 is 1.48 bits per heavy atom. The summed E-state index contributed by atoms with van der Waals surface area (Å²) in [5, 5.41) is 2.83. The molecule has 208 valence electrons. The number of nitrogens with one attached hydrogen (secondary N) is 1. The van der Waals surface area contributed by atoms with Gasteiger partial charge in [0.1, 0.15) is 12.4 Å². The first kappa shape index (κ1) is 27.9. The summed E-state index contributed by atoms with van der Waals surface area (Å²) >= 11 is 0. The maximum Gasteiger partial charge on any atom is 0.492 e. The smallest absolute Gasteiger partial charge is 0.449 e. The van der Waals surface area contributed by atoms with Crippen molar-refractivity contribution in [3.63, 3.8) is 0 Å². The molecule has 2 aliphatic rings. The summed E-state index contributed by atoms with van der Waals surface area (Å²) < 4.78 is 47.7. The van der Waals surface area contributed by atoms with Crippen LogP contribution in [-0.4, -0.2) is 44.2 Å². The van der Waals surface area contributed by atoms with Gasteiger partial charge >= 0.3 is 19.8 Å². The zero-order valence-corrected chi connectivity index (χ0v) is 22.9. The molecule has 3 aromatic rings. The van der Waals surface area contributed by atoms with Crippen LogP contribution in [0.3, 0.4) is 0 Å². The van der Waals surface area contributed by atoms with Gasteiger partial charge in [-0.15, -0.1) is 0 Å². The van der Waals surface area contributed by atoms with Gasteiger partial charge < -0.3 is 24.1 Å². The van der Waals surface area contributed by atoms with Crippen molar-refractivity contribution in [1.29, 1.82) is 0 Å². The van der Waals surface area contributed by atoms with Gasteiger partial charge in [0.25, 0.3) is 0 Å². The van der Waals surface area contributed by atoms with Crippen molar-refractivity contribution in [1.82, 2.24) is 5.32 Å². The summed E-state index contributed by atoms with van der Waals surface area (Å²) in [5.41, 5.74) is 4.76. The van der Waals surface area contributed by atoms with Crippen molar-refractivity contribution < 1.29 is 32.4 Å². The predicted molar refractivity (Wildman–Crippen MR) is 150 cm³/mol. The lowest BCUT2D eigenvalue weighted by molar-refractivity contribution is -0.0498. The summed E-state index contributed by atoms with van der Waals surface area (Å²) in [7, 11) is -0.726. The molecule has 40 heavy (non-hydrogen) atoms. The van der Waals surface area contributed by atoms with E-state index in [0.717, 1.165) is 22.3 Å². The Labute approximate surface area is 233 Å². The largest absolute Gasteiger partial charge is 0.492 e. The fraction of sp³-hybridized carbons (Fsp3) is 0.323. The highest BCUT2D eigenvalue weighted by molar-refractivity contribution is 6.56. The van der Waals surface area contributed by atoms with Crippen LogP contribution in [0.5, 0.6) is 5.75 Å². The molecular weight excluding hydrogens is 515 g/mol. The normalized spacial score (nSPS) is 17.5. The number of fused-ring (bicyclic) bond motifs is 3. The second-order valence-corrected chi connectivity index (χ2v) is 10.9. The molecule has 1 saturated heterocycles. The van der Waals surface area contributed by atoms with E-state index in [-0.39, 0.29) is 24.8 Å². The van der Waals surface area contributed by atoms with Gasteiger partial charge in [-0.1, -0.05) is 66.7 Å². The highest BCUT2D eigenvalue weighted by atomic mass is 19.3. The van der Waals surface area contributed by atoms with Crippen molar-refractivity contribution in [2.45, 2.75) is 51.4 Å². The number of carbonyl (C=O) groups is 1. The molecule has 1 fully saturated rings.